The maximum atomic E-state index is 10.8. The Morgan fingerprint density at radius 3 is 2.47 bits per heavy atom. The average molecular weight is 199 g/mol. The third kappa shape index (κ3) is 2.04. The number of rotatable bonds is 3. The fraction of sp³-hybridized carbons (Fsp3) is 0.0909. The van der Waals surface area contributed by atoms with Gasteiger partial charge in [-0.05, 0) is 17.7 Å². The highest BCUT2D eigenvalue weighted by Gasteiger charge is 2.15. The van der Waals surface area contributed by atoms with Crippen LogP contribution < -0.4 is 0 Å². The quantitative estimate of drug-likeness (QED) is 0.713. The van der Waals surface area contributed by atoms with Crippen molar-refractivity contribution in [3.8, 4) is 0 Å². The Morgan fingerprint density at radius 2 is 1.87 bits per heavy atom. The Labute approximate surface area is 87.0 Å². The minimum atomic E-state index is -0.570. The van der Waals surface area contributed by atoms with Crippen molar-refractivity contribution in [3.05, 3.63) is 64.8 Å². The Kier molecular flexibility index (Phi) is 2.78. The summed E-state index contributed by atoms with van der Waals surface area (Å²) in [5.74, 6) is 0. The fourth-order valence-electron chi connectivity index (χ4n) is 1.38. The summed E-state index contributed by atoms with van der Waals surface area (Å²) in [7, 11) is 0. The smallest absolute Gasteiger partial charge is 0.159 e. The zero-order chi connectivity index (χ0) is 10.5. The minimum absolute atomic E-state index is 0.568. The van der Waals surface area contributed by atoms with Gasteiger partial charge in [0.15, 0.2) is 6.04 Å². The van der Waals surface area contributed by atoms with E-state index in [4.69, 9.17) is 0 Å². The summed E-state index contributed by atoms with van der Waals surface area (Å²) in [5, 5.41) is 10.7. The van der Waals surface area contributed by atoms with E-state index in [0.717, 1.165) is 5.56 Å². The van der Waals surface area contributed by atoms with E-state index in [1.54, 1.807) is 18.3 Å². The molecule has 0 aliphatic rings. The summed E-state index contributed by atoms with van der Waals surface area (Å²) in [6.07, 6.45) is 1.57. The van der Waals surface area contributed by atoms with Crippen molar-refractivity contribution in [1.29, 1.82) is 0 Å². The van der Waals surface area contributed by atoms with E-state index in [-0.39, 0.29) is 0 Å². The van der Waals surface area contributed by atoms with E-state index in [0.29, 0.717) is 5.69 Å². The lowest BCUT2D eigenvalue weighted by Crippen LogP contribution is -2.00. The van der Waals surface area contributed by atoms with Crippen LogP contribution in [0, 0.1) is 4.91 Å². The molecule has 0 amide bonds. The highest BCUT2D eigenvalue weighted by molar-refractivity contribution is 5.26. The van der Waals surface area contributed by atoms with Gasteiger partial charge in [0.05, 0.1) is 5.69 Å². The van der Waals surface area contributed by atoms with E-state index in [1.165, 1.54) is 0 Å². The number of aromatic nitrogens is 2. The van der Waals surface area contributed by atoms with E-state index in [9.17, 15) is 4.91 Å². The molecule has 2 rings (SSSR count). The molecule has 1 atom stereocenters. The zero-order valence-electron chi connectivity index (χ0n) is 7.95. The first-order valence-corrected chi connectivity index (χ1v) is 4.57. The normalized spacial score (nSPS) is 12.0. The van der Waals surface area contributed by atoms with E-state index in [2.05, 4.69) is 15.4 Å². The predicted molar refractivity (Wildman–Crippen MR) is 56.1 cm³/mol. The number of hydrogen-bond acceptors (Lipinski definition) is 4. The van der Waals surface area contributed by atoms with Gasteiger partial charge in [-0.2, -0.15) is 10.2 Å². The molecule has 4 heteroatoms. The van der Waals surface area contributed by atoms with Gasteiger partial charge in [-0.15, -0.1) is 4.91 Å². The van der Waals surface area contributed by atoms with Crippen molar-refractivity contribution in [1.82, 2.24) is 10.2 Å². The van der Waals surface area contributed by atoms with Crippen molar-refractivity contribution < 1.29 is 0 Å². The first-order chi connectivity index (χ1) is 7.42. The molecule has 0 bridgehead atoms. The monoisotopic (exact) mass is 199 g/mol. The van der Waals surface area contributed by atoms with Gasteiger partial charge in [0.25, 0.3) is 0 Å². The van der Waals surface area contributed by atoms with Gasteiger partial charge >= 0.3 is 0 Å². The number of benzene rings is 1. The van der Waals surface area contributed by atoms with Crippen LogP contribution in [-0.2, 0) is 0 Å². The van der Waals surface area contributed by atoms with E-state index in [1.807, 2.05) is 30.3 Å². The average Bonchev–Trinajstić information content (AvgIpc) is 2.33. The molecular formula is C11H9N3O. The molecule has 0 N–H and O–H groups in total. The van der Waals surface area contributed by atoms with Gasteiger partial charge < -0.3 is 0 Å². The lowest BCUT2D eigenvalue weighted by atomic mass is 10.0. The second kappa shape index (κ2) is 4.41. The molecule has 0 saturated heterocycles. The first kappa shape index (κ1) is 9.45. The van der Waals surface area contributed by atoms with Gasteiger partial charge in [-0.3, -0.25) is 0 Å². The molecule has 74 valence electrons. The number of nitrogens with zero attached hydrogens (tertiary/aromatic N) is 3. The standard InChI is InChI=1S/C11H9N3O/c15-14-11(9-5-2-1-3-6-9)10-7-4-8-12-13-10/h1-8,11H. The number of nitroso groups, excluding NO2 is 1. The summed E-state index contributed by atoms with van der Waals surface area (Å²) in [4.78, 5) is 10.8. The van der Waals surface area contributed by atoms with Crippen LogP contribution in [0.3, 0.4) is 0 Å². The van der Waals surface area contributed by atoms with Crippen LogP contribution in [-0.4, -0.2) is 10.2 Å². The van der Waals surface area contributed by atoms with Gasteiger partial charge in [-0.25, -0.2) is 0 Å². The van der Waals surface area contributed by atoms with E-state index < -0.39 is 6.04 Å². The van der Waals surface area contributed by atoms with Crippen molar-refractivity contribution in [2.75, 3.05) is 0 Å². The summed E-state index contributed by atoms with van der Waals surface area (Å²) < 4.78 is 0. The molecule has 2 aromatic rings. The van der Waals surface area contributed by atoms with Crippen LogP contribution in [0.4, 0.5) is 0 Å². The molecular weight excluding hydrogens is 190 g/mol. The minimum Gasteiger partial charge on any atom is -0.159 e. The molecule has 0 aliphatic carbocycles. The second-order valence-electron chi connectivity index (χ2n) is 3.07. The fourth-order valence-corrected chi connectivity index (χ4v) is 1.38. The summed E-state index contributed by atoms with van der Waals surface area (Å²) in [6.45, 7) is 0. The molecule has 0 radical (unpaired) electrons. The first-order valence-electron chi connectivity index (χ1n) is 4.57. The third-order valence-electron chi connectivity index (χ3n) is 2.09. The molecule has 1 heterocycles. The zero-order valence-corrected chi connectivity index (χ0v) is 7.95. The largest absolute Gasteiger partial charge is 0.161 e. The van der Waals surface area contributed by atoms with Crippen LogP contribution in [0.15, 0.2) is 53.8 Å². The molecule has 0 saturated carbocycles. The Morgan fingerprint density at radius 1 is 1.07 bits per heavy atom. The van der Waals surface area contributed by atoms with Gasteiger partial charge in [0.2, 0.25) is 0 Å². The van der Waals surface area contributed by atoms with Gasteiger partial charge in [0.1, 0.15) is 0 Å². The van der Waals surface area contributed by atoms with Crippen LogP contribution in [0.5, 0.6) is 0 Å². The molecule has 0 aliphatic heterocycles. The lowest BCUT2D eigenvalue weighted by molar-refractivity contribution is 0.787. The predicted octanol–water partition coefficient (Wildman–Crippen LogP) is 2.33. The summed E-state index contributed by atoms with van der Waals surface area (Å²) in [5.41, 5.74) is 1.40. The third-order valence-corrected chi connectivity index (χ3v) is 2.09. The van der Waals surface area contributed by atoms with Crippen LogP contribution >= 0.6 is 0 Å². The van der Waals surface area contributed by atoms with Crippen LogP contribution in [0.25, 0.3) is 0 Å². The Hall–Kier alpha value is -2.10. The molecule has 1 unspecified atom stereocenters. The van der Waals surface area contributed by atoms with Crippen LogP contribution in [0.1, 0.15) is 17.3 Å². The van der Waals surface area contributed by atoms with Gasteiger partial charge in [0, 0.05) is 6.20 Å². The summed E-state index contributed by atoms with van der Waals surface area (Å²) >= 11 is 0. The maximum Gasteiger partial charge on any atom is 0.161 e. The molecule has 0 spiro atoms. The van der Waals surface area contributed by atoms with Crippen molar-refractivity contribution >= 4 is 0 Å². The molecule has 4 nitrogen and oxygen atoms in total. The highest BCUT2D eigenvalue weighted by atomic mass is 16.3. The maximum absolute atomic E-state index is 10.8. The SMILES string of the molecule is O=NC(c1ccccc1)c1cccnn1. The lowest BCUT2D eigenvalue weighted by Gasteiger charge is -2.06. The Balaban J connectivity index is 2.38. The van der Waals surface area contributed by atoms with Crippen molar-refractivity contribution in [2.24, 2.45) is 5.18 Å². The van der Waals surface area contributed by atoms with E-state index >= 15 is 0 Å². The Bertz CT molecular complexity index is 391. The van der Waals surface area contributed by atoms with Gasteiger partial charge in [-0.1, -0.05) is 35.5 Å². The molecule has 1 aromatic carbocycles. The molecule has 15 heavy (non-hydrogen) atoms. The highest BCUT2D eigenvalue weighted by Crippen LogP contribution is 2.22. The molecule has 1 aromatic heterocycles. The summed E-state index contributed by atoms with van der Waals surface area (Å²) in [6, 6.07) is 12.2. The van der Waals surface area contributed by atoms with Crippen molar-refractivity contribution in [3.63, 3.8) is 0 Å². The number of hydrogen-bond donors (Lipinski definition) is 0. The second-order valence-corrected chi connectivity index (χ2v) is 3.07. The van der Waals surface area contributed by atoms with Crippen molar-refractivity contribution in [2.45, 2.75) is 6.04 Å². The molecule has 0 fully saturated rings. The van der Waals surface area contributed by atoms with Crippen LogP contribution in [0.2, 0.25) is 0 Å². The topological polar surface area (TPSA) is 55.2 Å².